The maximum absolute atomic E-state index is 13.3. The van der Waals surface area contributed by atoms with E-state index in [1.165, 1.54) is 11.1 Å². The first-order valence-electron chi connectivity index (χ1n) is 10.9. The molecule has 1 amide bonds. The lowest BCUT2D eigenvalue weighted by Crippen LogP contribution is -2.60. The van der Waals surface area contributed by atoms with Crippen LogP contribution in [0.15, 0.2) is 48.5 Å². The molecule has 2 aliphatic heterocycles. The molecule has 0 aliphatic carbocycles. The molecule has 7 heteroatoms. The molecule has 7 nitrogen and oxygen atoms in total. The van der Waals surface area contributed by atoms with Crippen molar-refractivity contribution >= 4 is 12.4 Å². The quantitative estimate of drug-likeness (QED) is 0.632. The Labute approximate surface area is 188 Å². The minimum Gasteiger partial charge on any atom is -0.483 e. The van der Waals surface area contributed by atoms with Gasteiger partial charge in [-0.3, -0.25) is 9.59 Å². The number of piperidine rings is 1. The Morgan fingerprint density at radius 1 is 1.12 bits per heavy atom. The van der Waals surface area contributed by atoms with E-state index < -0.39 is 17.8 Å². The van der Waals surface area contributed by atoms with Gasteiger partial charge in [0.15, 0.2) is 0 Å². The van der Waals surface area contributed by atoms with E-state index in [9.17, 15) is 15.0 Å². The summed E-state index contributed by atoms with van der Waals surface area (Å²) >= 11 is 0. The maximum Gasteiger partial charge on any atom is 0.290 e. The van der Waals surface area contributed by atoms with Gasteiger partial charge in [-0.25, -0.2) is 0 Å². The first-order chi connectivity index (χ1) is 15.4. The van der Waals surface area contributed by atoms with Crippen LogP contribution >= 0.6 is 0 Å². The van der Waals surface area contributed by atoms with Gasteiger partial charge in [0.1, 0.15) is 6.10 Å². The summed E-state index contributed by atoms with van der Waals surface area (Å²) in [6.45, 7) is 3.30. The summed E-state index contributed by atoms with van der Waals surface area (Å²) < 4.78 is 5.89. The summed E-state index contributed by atoms with van der Waals surface area (Å²) in [4.78, 5) is 23.5. The standard InChI is InChI=1S/C24H29NO4.CH2O2/c1-17-6-8-18(9-7-17)16-19-4-2-3-5-20(19)23(28)25-13-11-24(12-14-25)22(27)21(26)10-15-29-24;2-1-3/h2-9,21-22,26-27H,10-16H2,1H3;1H,(H,2,3)/t21-,22-;/m0./s1. The second-order valence-electron chi connectivity index (χ2n) is 8.43. The highest BCUT2D eigenvalue weighted by atomic mass is 16.5. The summed E-state index contributed by atoms with van der Waals surface area (Å²) in [5, 5.41) is 27.4. The molecule has 1 spiro atoms. The van der Waals surface area contributed by atoms with E-state index in [1.807, 2.05) is 29.2 Å². The number of aliphatic hydroxyl groups excluding tert-OH is 2. The summed E-state index contributed by atoms with van der Waals surface area (Å²) in [5.74, 6) is 0.0217. The monoisotopic (exact) mass is 441 g/mol. The van der Waals surface area contributed by atoms with Crippen molar-refractivity contribution in [3.05, 3.63) is 70.8 Å². The predicted octanol–water partition coefficient (Wildman–Crippen LogP) is 2.40. The van der Waals surface area contributed by atoms with Crippen molar-refractivity contribution in [2.75, 3.05) is 19.7 Å². The molecule has 2 aromatic carbocycles. The fourth-order valence-corrected chi connectivity index (χ4v) is 4.48. The molecule has 0 unspecified atom stereocenters. The third kappa shape index (κ3) is 5.35. The van der Waals surface area contributed by atoms with Gasteiger partial charge in [0.05, 0.1) is 18.3 Å². The Kier molecular flexibility index (Phi) is 8.01. The van der Waals surface area contributed by atoms with Crippen molar-refractivity contribution < 1.29 is 29.6 Å². The molecule has 2 saturated heterocycles. The number of carbonyl (C=O) groups excluding carboxylic acids is 1. The number of hydrogen-bond acceptors (Lipinski definition) is 5. The van der Waals surface area contributed by atoms with Gasteiger partial charge < -0.3 is 25.0 Å². The van der Waals surface area contributed by atoms with Crippen LogP contribution in [0.1, 0.15) is 46.3 Å². The SMILES string of the molecule is Cc1ccc(Cc2ccccc2C(=O)N2CCC3(CC2)OCC[C@H](O)[C@@H]3O)cc1.O=CO. The topological polar surface area (TPSA) is 107 Å². The van der Waals surface area contributed by atoms with Crippen LogP contribution in [0.5, 0.6) is 0 Å². The summed E-state index contributed by atoms with van der Waals surface area (Å²) in [5.41, 5.74) is 3.43. The van der Waals surface area contributed by atoms with Crippen LogP contribution in [0.25, 0.3) is 0 Å². The molecule has 172 valence electrons. The molecule has 2 aromatic rings. The number of rotatable bonds is 3. The Balaban J connectivity index is 0.000000913. The van der Waals surface area contributed by atoms with E-state index in [1.54, 1.807) is 0 Å². The highest BCUT2D eigenvalue weighted by Gasteiger charge is 2.48. The van der Waals surface area contributed by atoms with E-state index in [0.29, 0.717) is 45.4 Å². The molecule has 2 atom stereocenters. The number of hydrogen-bond donors (Lipinski definition) is 3. The molecule has 3 N–H and O–H groups in total. The van der Waals surface area contributed by atoms with Gasteiger partial charge in [0.2, 0.25) is 0 Å². The highest BCUT2D eigenvalue weighted by Crippen LogP contribution is 2.36. The van der Waals surface area contributed by atoms with Crippen LogP contribution in [0.4, 0.5) is 0 Å². The summed E-state index contributed by atoms with van der Waals surface area (Å²) in [7, 11) is 0. The number of ether oxygens (including phenoxy) is 1. The molecule has 32 heavy (non-hydrogen) atoms. The Morgan fingerprint density at radius 2 is 1.75 bits per heavy atom. The van der Waals surface area contributed by atoms with Crippen LogP contribution in [-0.4, -0.2) is 70.1 Å². The normalized spacial score (nSPS) is 22.0. The molecule has 0 bridgehead atoms. The van der Waals surface area contributed by atoms with E-state index >= 15 is 0 Å². The third-order valence-corrected chi connectivity index (χ3v) is 6.37. The van der Waals surface area contributed by atoms with Crippen LogP contribution in [0.3, 0.4) is 0 Å². The zero-order valence-electron chi connectivity index (χ0n) is 18.3. The average Bonchev–Trinajstić information content (AvgIpc) is 2.80. The minimum absolute atomic E-state index is 0.0217. The lowest BCUT2D eigenvalue weighted by atomic mass is 9.80. The number of aryl methyl sites for hydroxylation is 1. The molecule has 2 fully saturated rings. The van der Waals surface area contributed by atoms with Gasteiger partial charge in [0.25, 0.3) is 12.4 Å². The Bertz CT molecular complexity index is 905. The molecule has 2 aliphatic rings. The molecule has 0 aromatic heterocycles. The van der Waals surface area contributed by atoms with Gasteiger partial charge in [-0.15, -0.1) is 0 Å². The minimum atomic E-state index is -0.887. The van der Waals surface area contributed by atoms with E-state index in [-0.39, 0.29) is 12.4 Å². The van der Waals surface area contributed by atoms with Gasteiger partial charge in [-0.05, 0) is 49.8 Å². The lowest BCUT2D eigenvalue weighted by molar-refractivity contribution is -0.212. The number of carboxylic acid groups (broad SMARTS) is 1. The maximum atomic E-state index is 13.3. The van der Waals surface area contributed by atoms with Crippen LogP contribution in [-0.2, 0) is 16.0 Å². The lowest BCUT2D eigenvalue weighted by Gasteiger charge is -2.48. The number of carbonyl (C=O) groups is 2. The van der Waals surface area contributed by atoms with Crippen molar-refractivity contribution in [1.82, 2.24) is 4.90 Å². The second-order valence-corrected chi connectivity index (χ2v) is 8.43. The van der Waals surface area contributed by atoms with Crippen molar-refractivity contribution in [2.45, 2.75) is 50.4 Å². The van der Waals surface area contributed by atoms with E-state index in [0.717, 1.165) is 11.1 Å². The van der Waals surface area contributed by atoms with Crippen molar-refractivity contribution in [3.8, 4) is 0 Å². The molecule has 0 radical (unpaired) electrons. The molecular formula is C25H31NO6. The summed E-state index contributed by atoms with van der Waals surface area (Å²) in [6, 6.07) is 16.2. The van der Waals surface area contributed by atoms with Gasteiger partial charge in [0, 0.05) is 18.7 Å². The van der Waals surface area contributed by atoms with Crippen LogP contribution in [0, 0.1) is 6.92 Å². The van der Waals surface area contributed by atoms with Crippen LogP contribution in [0.2, 0.25) is 0 Å². The van der Waals surface area contributed by atoms with Gasteiger partial charge in [-0.1, -0.05) is 48.0 Å². The summed E-state index contributed by atoms with van der Waals surface area (Å²) in [6.07, 6.45) is 0.615. The zero-order chi connectivity index (χ0) is 23.1. The van der Waals surface area contributed by atoms with Crippen molar-refractivity contribution in [3.63, 3.8) is 0 Å². The fourth-order valence-electron chi connectivity index (χ4n) is 4.48. The predicted molar refractivity (Wildman–Crippen MR) is 120 cm³/mol. The van der Waals surface area contributed by atoms with Gasteiger partial charge >= 0.3 is 0 Å². The number of benzene rings is 2. The zero-order valence-corrected chi connectivity index (χ0v) is 18.3. The van der Waals surface area contributed by atoms with E-state index in [4.69, 9.17) is 14.6 Å². The molecular weight excluding hydrogens is 410 g/mol. The largest absolute Gasteiger partial charge is 0.483 e. The first kappa shape index (κ1) is 23.9. The first-order valence-corrected chi connectivity index (χ1v) is 10.9. The van der Waals surface area contributed by atoms with Crippen molar-refractivity contribution in [2.24, 2.45) is 0 Å². The number of amides is 1. The average molecular weight is 442 g/mol. The number of nitrogens with zero attached hydrogens (tertiary/aromatic N) is 1. The van der Waals surface area contributed by atoms with Gasteiger partial charge in [-0.2, -0.15) is 0 Å². The van der Waals surface area contributed by atoms with Crippen molar-refractivity contribution in [1.29, 1.82) is 0 Å². The molecule has 0 saturated carbocycles. The van der Waals surface area contributed by atoms with E-state index in [2.05, 4.69) is 31.2 Å². The van der Waals surface area contributed by atoms with Crippen LogP contribution < -0.4 is 0 Å². The third-order valence-electron chi connectivity index (χ3n) is 6.37. The smallest absolute Gasteiger partial charge is 0.290 e. The number of likely N-dealkylation sites (tertiary alicyclic amines) is 1. The second kappa shape index (κ2) is 10.7. The Morgan fingerprint density at radius 3 is 2.41 bits per heavy atom. The molecule has 4 rings (SSSR count). The fraction of sp³-hybridized carbons (Fsp3) is 0.440. The highest BCUT2D eigenvalue weighted by molar-refractivity contribution is 5.96. The Hall–Kier alpha value is -2.74. The molecule has 2 heterocycles. The number of aliphatic hydroxyl groups is 2.